The molecular weight excluding hydrogens is 266 g/mol. The van der Waals surface area contributed by atoms with E-state index in [1.807, 2.05) is 31.3 Å². The Balaban J connectivity index is 1.84. The molecule has 2 aromatic heterocycles. The van der Waals surface area contributed by atoms with Gasteiger partial charge in [-0.3, -0.25) is 0 Å². The second kappa shape index (κ2) is 5.47. The van der Waals surface area contributed by atoms with Gasteiger partial charge in [-0.1, -0.05) is 19.1 Å². The van der Waals surface area contributed by atoms with Gasteiger partial charge >= 0.3 is 0 Å². The molecule has 110 valence electrons. The SMILES string of the molecule is CCc1nn(C)c(OC)c1CNc1nc2ccccc2[nH]1. The van der Waals surface area contributed by atoms with Gasteiger partial charge in [-0.2, -0.15) is 5.10 Å². The summed E-state index contributed by atoms with van der Waals surface area (Å²) in [7, 11) is 3.56. The molecule has 3 aromatic rings. The predicted octanol–water partition coefficient (Wildman–Crippen LogP) is 2.48. The Bertz CT molecular complexity index is 726. The second-order valence-electron chi connectivity index (χ2n) is 4.87. The number of aryl methyl sites for hydroxylation is 2. The third-order valence-electron chi connectivity index (χ3n) is 3.52. The lowest BCUT2D eigenvalue weighted by atomic mass is 10.2. The first-order chi connectivity index (χ1) is 10.2. The standard InChI is InChI=1S/C15H19N5O/c1-4-11-10(14(21-3)20(2)19-11)9-16-15-17-12-7-5-6-8-13(12)18-15/h5-8H,4,9H2,1-3H3,(H2,16,17,18). The Hall–Kier alpha value is -2.50. The molecular formula is C15H19N5O. The third-order valence-corrected chi connectivity index (χ3v) is 3.52. The summed E-state index contributed by atoms with van der Waals surface area (Å²) in [5.74, 6) is 1.54. The number of nitrogens with zero attached hydrogens (tertiary/aromatic N) is 3. The van der Waals surface area contributed by atoms with E-state index in [1.165, 1.54) is 0 Å². The summed E-state index contributed by atoms with van der Waals surface area (Å²) in [6.07, 6.45) is 0.869. The molecule has 0 saturated carbocycles. The zero-order chi connectivity index (χ0) is 14.8. The number of benzene rings is 1. The number of rotatable bonds is 5. The van der Waals surface area contributed by atoms with Gasteiger partial charge in [0.1, 0.15) is 0 Å². The quantitative estimate of drug-likeness (QED) is 0.755. The van der Waals surface area contributed by atoms with Gasteiger partial charge in [-0.25, -0.2) is 9.67 Å². The molecule has 0 unspecified atom stereocenters. The van der Waals surface area contributed by atoms with Crippen LogP contribution < -0.4 is 10.1 Å². The zero-order valence-corrected chi connectivity index (χ0v) is 12.5. The largest absolute Gasteiger partial charge is 0.481 e. The van der Waals surface area contributed by atoms with Crippen LogP contribution in [0.3, 0.4) is 0 Å². The zero-order valence-electron chi connectivity index (χ0n) is 12.5. The van der Waals surface area contributed by atoms with E-state index < -0.39 is 0 Å². The maximum Gasteiger partial charge on any atom is 0.216 e. The van der Waals surface area contributed by atoms with Crippen molar-refractivity contribution in [3.63, 3.8) is 0 Å². The van der Waals surface area contributed by atoms with Crippen LogP contribution in [-0.2, 0) is 20.0 Å². The average Bonchev–Trinajstić information content (AvgIpc) is 3.04. The molecule has 6 nitrogen and oxygen atoms in total. The topological polar surface area (TPSA) is 67.8 Å². The first-order valence-corrected chi connectivity index (χ1v) is 7.00. The van der Waals surface area contributed by atoms with E-state index in [-0.39, 0.29) is 0 Å². The highest BCUT2D eigenvalue weighted by atomic mass is 16.5. The Morgan fingerprint density at radius 3 is 2.86 bits per heavy atom. The number of aromatic amines is 1. The molecule has 3 rings (SSSR count). The molecule has 0 radical (unpaired) electrons. The van der Waals surface area contributed by atoms with Crippen molar-refractivity contribution in [3.05, 3.63) is 35.5 Å². The number of H-pyrrole nitrogens is 1. The summed E-state index contributed by atoms with van der Waals surface area (Å²) in [5, 5.41) is 7.79. The van der Waals surface area contributed by atoms with Crippen LogP contribution in [-0.4, -0.2) is 26.9 Å². The second-order valence-corrected chi connectivity index (χ2v) is 4.87. The summed E-state index contributed by atoms with van der Waals surface area (Å²) in [6, 6.07) is 7.96. The first kappa shape index (κ1) is 13.5. The molecule has 2 heterocycles. The number of hydrogen-bond donors (Lipinski definition) is 2. The maximum absolute atomic E-state index is 5.44. The number of anilines is 1. The summed E-state index contributed by atoms with van der Waals surface area (Å²) in [6.45, 7) is 2.71. The molecule has 0 spiro atoms. The maximum atomic E-state index is 5.44. The van der Waals surface area contributed by atoms with Gasteiger partial charge in [0.05, 0.1) is 35.9 Å². The number of methoxy groups -OCH3 is 1. The monoisotopic (exact) mass is 285 g/mol. The summed E-state index contributed by atoms with van der Waals surface area (Å²) >= 11 is 0. The van der Waals surface area contributed by atoms with Gasteiger partial charge in [0.2, 0.25) is 11.8 Å². The highest BCUT2D eigenvalue weighted by molar-refractivity contribution is 5.77. The van der Waals surface area contributed by atoms with Crippen molar-refractivity contribution in [1.82, 2.24) is 19.7 Å². The van der Waals surface area contributed by atoms with Crippen LogP contribution >= 0.6 is 0 Å². The minimum absolute atomic E-state index is 0.625. The van der Waals surface area contributed by atoms with Gasteiger partial charge in [0.15, 0.2) is 0 Å². The minimum Gasteiger partial charge on any atom is -0.481 e. The molecule has 0 aliphatic heterocycles. The van der Waals surface area contributed by atoms with E-state index in [9.17, 15) is 0 Å². The summed E-state index contributed by atoms with van der Waals surface area (Å²) in [4.78, 5) is 7.77. The Morgan fingerprint density at radius 1 is 1.33 bits per heavy atom. The number of aromatic nitrogens is 4. The van der Waals surface area contributed by atoms with Gasteiger partial charge in [-0.05, 0) is 18.6 Å². The number of para-hydroxylation sites is 2. The van der Waals surface area contributed by atoms with E-state index in [0.29, 0.717) is 6.54 Å². The van der Waals surface area contributed by atoms with Crippen LogP contribution in [0.1, 0.15) is 18.2 Å². The Morgan fingerprint density at radius 2 is 2.14 bits per heavy atom. The fraction of sp³-hybridized carbons (Fsp3) is 0.333. The number of imidazole rings is 1. The van der Waals surface area contributed by atoms with E-state index in [4.69, 9.17) is 4.74 Å². The molecule has 0 amide bonds. The average molecular weight is 285 g/mol. The molecule has 21 heavy (non-hydrogen) atoms. The first-order valence-electron chi connectivity index (χ1n) is 7.00. The van der Waals surface area contributed by atoms with Gasteiger partial charge < -0.3 is 15.0 Å². The highest BCUT2D eigenvalue weighted by Gasteiger charge is 2.15. The van der Waals surface area contributed by atoms with Crippen LogP contribution in [0.2, 0.25) is 0 Å². The van der Waals surface area contributed by atoms with E-state index >= 15 is 0 Å². The lowest BCUT2D eigenvalue weighted by Gasteiger charge is -2.06. The van der Waals surface area contributed by atoms with Crippen molar-refractivity contribution < 1.29 is 4.74 Å². The van der Waals surface area contributed by atoms with E-state index in [2.05, 4.69) is 27.3 Å². The molecule has 0 aliphatic carbocycles. The molecule has 0 fully saturated rings. The van der Waals surface area contributed by atoms with E-state index in [0.717, 1.165) is 40.5 Å². The lowest BCUT2D eigenvalue weighted by Crippen LogP contribution is -2.04. The Labute approximate surface area is 123 Å². The van der Waals surface area contributed by atoms with Crippen molar-refractivity contribution >= 4 is 17.0 Å². The van der Waals surface area contributed by atoms with Crippen LogP contribution in [0.4, 0.5) is 5.95 Å². The number of fused-ring (bicyclic) bond motifs is 1. The van der Waals surface area contributed by atoms with Crippen LogP contribution in [0, 0.1) is 0 Å². The van der Waals surface area contributed by atoms with Crippen LogP contribution in [0.5, 0.6) is 5.88 Å². The van der Waals surface area contributed by atoms with Gasteiger partial charge in [0.25, 0.3) is 0 Å². The molecule has 0 atom stereocenters. The van der Waals surface area contributed by atoms with Gasteiger partial charge in [0, 0.05) is 7.05 Å². The molecule has 2 N–H and O–H groups in total. The fourth-order valence-electron chi connectivity index (χ4n) is 2.53. The smallest absolute Gasteiger partial charge is 0.216 e. The minimum atomic E-state index is 0.625. The molecule has 0 bridgehead atoms. The number of hydrogen-bond acceptors (Lipinski definition) is 4. The Kier molecular flexibility index (Phi) is 3.51. The van der Waals surface area contributed by atoms with Crippen molar-refractivity contribution in [1.29, 1.82) is 0 Å². The van der Waals surface area contributed by atoms with Crippen molar-refractivity contribution in [2.75, 3.05) is 12.4 Å². The van der Waals surface area contributed by atoms with E-state index in [1.54, 1.807) is 11.8 Å². The van der Waals surface area contributed by atoms with Crippen molar-refractivity contribution in [2.24, 2.45) is 7.05 Å². The summed E-state index contributed by atoms with van der Waals surface area (Å²) < 4.78 is 7.21. The van der Waals surface area contributed by atoms with Crippen molar-refractivity contribution in [2.45, 2.75) is 19.9 Å². The molecule has 1 aromatic carbocycles. The predicted molar refractivity (Wildman–Crippen MR) is 82.6 cm³/mol. The molecule has 0 aliphatic rings. The molecule has 0 saturated heterocycles. The normalized spacial score (nSPS) is 11.0. The highest BCUT2D eigenvalue weighted by Crippen LogP contribution is 2.23. The van der Waals surface area contributed by atoms with Crippen LogP contribution in [0.15, 0.2) is 24.3 Å². The lowest BCUT2D eigenvalue weighted by molar-refractivity contribution is 0.369. The number of nitrogens with one attached hydrogen (secondary N) is 2. The fourth-order valence-corrected chi connectivity index (χ4v) is 2.53. The van der Waals surface area contributed by atoms with Crippen LogP contribution in [0.25, 0.3) is 11.0 Å². The molecule has 6 heteroatoms. The third kappa shape index (κ3) is 2.44. The number of ether oxygens (including phenoxy) is 1. The van der Waals surface area contributed by atoms with Gasteiger partial charge in [-0.15, -0.1) is 0 Å². The van der Waals surface area contributed by atoms with Crippen molar-refractivity contribution in [3.8, 4) is 5.88 Å². The summed E-state index contributed by atoms with van der Waals surface area (Å²) in [5.41, 5.74) is 4.09.